The van der Waals surface area contributed by atoms with Crippen molar-refractivity contribution < 1.29 is 4.74 Å². The molecule has 12 heavy (non-hydrogen) atoms. The fraction of sp³-hybridized carbons (Fsp3) is 0.333. The third-order valence-electron chi connectivity index (χ3n) is 1.65. The molecule has 1 aromatic carbocycles. The van der Waals surface area contributed by atoms with E-state index in [-0.39, 0.29) is 6.04 Å². The predicted octanol–water partition coefficient (Wildman–Crippen LogP) is 2.10. The summed E-state index contributed by atoms with van der Waals surface area (Å²) in [6.45, 7) is 0.544. The first-order valence-corrected chi connectivity index (χ1v) is 4.54. The van der Waals surface area contributed by atoms with E-state index in [9.17, 15) is 0 Å². The van der Waals surface area contributed by atoms with Crippen LogP contribution in [0.25, 0.3) is 0 Å². The van der Waals surface area contributed by atoms with Gasteiger partial charge in [0.05, 0.1) is 12.6 Å². The molecule has 0 aliphatic carbocycles. The summed E-state index contributed by atoms with van der Waals surface area (Å²) in [7, 11) is 1.65. The Morgan fingerprint density at radius 3 is 2.75 bits per heavy atom. The number of hydrogen-bond acceptors (Lipinski definition) is 2. The zero-order valence-electron chi connectivity index (χ0n) is 6.96. The summed E-state index contributed by atoms with van der Waals surface area (Å²) in [5, 5.41) is 0. The Morgan fingerprint density at radius 1 is 1.50 bits per heavy atom. The Hall–Kier alpha value is -0.380. The molecule has 0 aromatic heterocycles. The summed E-state index contributed by atoms with van der Waals surface area (Å²) in [6, 6.07) is 7.85. The maximum atomic E-state index is 5.85. The highest BCUT2D eigenvalue weighted by atomic mass is 79.9. The van der Waals surface area contributed by atoms with Gasteiger partial charge in [-0.25, -0.2) is 0 Å². The van der Waals surface area contributed by atoms with Crippen molar-refractivity contribution in [1.82, 2.24) is 0 Å². The molecule has 0 spiro atoms. The molecule has 2 nitrogen and oxygen atoms in total. The Balaban J connectivity index is 2.79. The van der Waals surface area contributed by atoms with Crippen molar-refractivity contribution in [3.8, 4) is 0 Å². The van der Waals surface area contributed by atoms with Gasteiger partial charge in [0.2, 0.25) is 0 Å². The van der Waals surface area contributed by atoms with Crippen molar-refractivity contribution in [2.45, 2.75) is 6.04 Å². The van der Waals surface area contributed by atoms with Crippen LogP contribution in [0.1, 0.15) is 11.6 Å². The minimum Gasteiger partial charge on any atom is -0.383 e. The van der Waals surface area contributed by atoms with E-state index in [1.54, 1.807) is 7.11 Å². The maximum Gasteiger partial charge on any atom is 0.0655 e. The van der Waals surface area contributed by atoms with E-state index in [4.69, 9.17) is 10.5 Å². The summed E-state index contributed by atoms with van der Waals surface area (Å²) < 4.78 is 6.00. The second-order valence-electron chi connectivity index (χ2n) is 2.58. The summed E-state index contributed by atoms with van der Waals surface area (Å²) in [5.74, 6) is 0. The van der Waals surface area contributed by atoms with Gasteiger partial charge in [-0.3, -0.25) is 0 Å². The van der Waals surface area contributed by atoms with Gasteiger partial charge in [0.15, 0.2) is 0 Å². The highest BCUT2D eigenvalue weighted by Crippen LogP contribution is 2.21. The molecule has 2 N–H and O–H groups in total. The van der Waals surface area contributed by atoms with Crippen LogP contribution in [0, 0.1) is 0 Å². The summed E-state index contributed by atoms with van der Waals surface area (Å²) in [5.41, 5.74) is 6.93. The van der Waals surface area contributed by atoms with Gasteiger partial charge >= 0.3 is 0 Å². The molecule has 0 unspecified atom stereocenters. The molecule has 0 radical (unpaired) electrons. The van der Waals surface area contributed by atoms with Crippen LogP contribution in [-0.4, -0.2) is 13.7 Å². The number of benzene rings is 1. The van der Waals surface area contributed by atoms with Gasteiger partial charge in [-0.05, 0) is 11.6 Å². The number of nitrogens with two attached hydrogens (primary N) is 1. The van der Waals surface area contributed by atoms with E-state index >= 15 is 0 Å². The molecular weight excluding hydrogens is 218 g/mol. The average Bonchev–Trinajstić information content (AvgIpc) is 2.05. The molecule has 0 heterocycles. The van der Waals surface area contributed by atoms with Gasteiger partial charge in [0, 0.05) is 11.6 Å². The van der Waals surface area contributed by atoms with Crippen LogP contribution in [0.3, 0.4) is 0 Å². The van der Waals surface area contributed by atoms with Gasteiger partial charge in [-0.1, -0.05) is 34.1 Å². The zero-order chi connectivity index (χ0) is 8.97. The van der Waals surface area contributed by atoms with Crippen molar-refractivity contribution >= 4 is 15.9 Å². The quantitative estimate of drug-likeness (QED) is 0.862. The summed E-state index contributed by atoms with van der Waals surface area (Å²) in [6.07, 6.45) is 0. The second kappa shape index (κ2) is 4.60. The number of ether oxygens (including phenoxy) is 1. The molecule has 0 aliphatic heterocycles. The van der Waals surface area contributed by atoms with Gasteiger partial charge in [-0.15, -0.1) is 0 Å². The lowest BCUT2D eigenvalue weighted by molar-refractivity contribution is 0.180. The third-order valence-corrected chi connectivity index (χ3v) is 2.37. The van der Waals surface area contributed by atoms with Crippen molar-refractivity contribution in [3.63, 3.8) is 0 Å². The maximum absolute atomic E-state index is 5.85. The van der Waals surface area contributed by atoms with Crippen LogP contribution in [0.15, 0.2) is 28.7 Å². The van der Waals surface area contributed by atoms with Gasteiger partial charge in [0.1, 0.15) is 0 Å². The van der Waals surface area contributed by atoms with Crippen molar-refractivity contribution in [2.75, 3.05) is 13.7 Å². The highest BCUT2D eigenvalue weighted by molar-refractivity contribution is 9.10. The fourth-order valence-electron chi connectivity index (χ4n) is 1.05. The van der Waals surface area contributed by atoms with E-state index in [1.807, 2.05) is 24.3 Å². The Kier molecular flexibility index (Phi) is 3.72. The first kappa shape index (κ1) is 9.71. The molecule has 0 saturated heterocycles. The average molecular weight is 230 g/mol. The Bertz CT molecular complexity index is 252. The number of hydrogen-bond donors (Lipinski definition) is 1. The van der Waals surface area contributed by atoms with Gasteiger partial charge < -0.3 is 10.5 Å². The molecule has 0 bridgehead atoms. The van der Waals surface area contributed by atoms with Crippen LogP contribution in [0.5, 0.6) is 0 Å². The van der Waals surface area contributed by atoms with E-state index in [0.717, 1.165) is 10.0 Å². The molecule has 66 valence electrons. The highest BCUT2D eigenvalue weighted by Gasteiger charge is 2.07. The minimum atomic E-state index is -0.0504. The van der Waals surface area contributed by atoms with E-state index < -0.39 is 0 Å². The van der Waals surface area contributed by atoms with Crippen LogP contribution < -0.4 is 5.73 Å². The van der Waals surface area contributed by atoms with Crippen LogP contribution in [-0.2, 0) is 4.74 Å². The molecule has 0 saturated carbocycles. The lowest BCUT2D eigenvalue weighted by Crippen LogP contribution is -2.16. The Labute approximate surface area is 80.8 Å². The second-order valence-corrected chi connectivity index (χ2v) is 3.44. The van der Waals surface area contributed by atoms with Gasteiger partial charge in [0.25, 0.3) is 0 Å². The summed E-state index contributed by atoms with van der Waals surface area (Å²) >= 11 is 3.43. The lowest BCUT2D eigenvalue weighted by atomic mass is 10.1. The first-order chi connectivity index (χ1) is 5.75. The van der Waals surface area contributed by atoms with E-state index in [1.165, 1.54) is 0 Å². The van der Waals surface area contributed by atoms with Gasteiger partial charge in [-0.2, -0.15) is 0 Å². The SMILES string of the molecule is COC[C@H](N)c1ccccc1Br. The fourth-order valence-corrected chi connectivity index (χ4v) is 1.62. The van der Waals surface area contributed by atoms with Crippen molar-refractivity contribution in [2.24, 2.45) is 5.73 Å². The molecule has 0 aliphatic rings. The van der Waals surface area contributed by atoms with Crippen molar-refractivity contribution in [1.29, 1.82) is 0 Å². The molecule has 3 heteroatoms. The monoisotopic (exact) mass is 229 g/mol. The largest absolute Gasteiger partial charge is 0.383 e. The topological polar surface area (TPSA) is 35.2 Å². The Morgan fingerprint density at radius 2 is 2.17 bits per heavy atom. The van der Waals surface area contributed by atoms with Crippen LogP contribution in [0.4, 0.5) is 0 Å². The van der Waals surface area contributed by atoms with Crippen molar-refractivity contribution in [3.05, 3.63) is 34.3 Å². The number of methoxy groups -OCH3 is 1. The van der Waals surface area contributed by atoms with Crippen LogP contribution in [0.2, 0.25) is 0 Å². The molecule has 0 fully saturated rings. The number of rotatable bonds is 3. The molecule has 0 amide bonds. The van der Waals surface area contributed by atoms with E-state index in [2.05, 4.69) is 15.9 Å². The normalized spacial score (nSPS) is 12.9. The smallest absolute Gasteiger partial charge is 0.0655 e. The summed E-state index contributed by atoms with van der Waals surface area (Å²) in [4.78, 5) is 0. The third kappa shape index (κ3) is 2.30. The standard InChI is InChI=1S/C9H12BrNO/c1-12-6-9(11)7-4-2-3-5-8(7)10/h2-5,9H,6,11H2,1H3/t9-/m0/s1. The predicted molar refractivity (Wildman–Crippen MR) is 52.9 cm³/mol. The van der Waals surface area contributed by atoms with Crippen LogP contribution >= 0.6 is 15.9 Å². The molecule has 1 atom stereocenters. The lowest BCUT2D eigenvalue weighted by Gasteiger charge is -2.11. The van der Waals surface area contributed by atoms with E-state index in [0.29, 0.717) is 6.61 Å². The first-order valence-electron chi connectivity index (χ1n) is 3.74. The zero-order valence-corrected chi connectivity index (χ0v) is 8.54. The molecular formula is C9H12BrNO. The molecule has 1 rings (SSSR count). The molecule has 1 aromatic rings. The number of halogens is 1. The minimum absolute atomic E-state index is 0.0504.